The summed E-state index contributed by atoms with van der Waals surface area (Å²) in [5, 5.41) is 19.7. The Bertz CT molecular complexity index is 437. The molecule has 0 aliphatic rings. The van der Waals surface area contributed by atoms with E-state index in [9.17, 15) is 9.90 Å². The zero-order valence-electron chi connectivity index (χ0n) is 10.9. The Morgan fingerprint density at radius 2 is 2.22 bits per heavy atom. The molecule has 0 spiro atoms. The number of likely N-dealkylation sites (N-methyl/N-ethyl adjacent to an activating group) is 1. The molecule has 100 valence electrons. The van der Waals surface area contributed by atoms with E-state index in [1.54, 1.807) is 17.4 Å². The first-order valence-corrected chi connectivity index (χ1v) is 6.53. The maximum atomic E-state index is 10.4. The van der Waals surface area contributed by atoms with Gasteiger partial charge < -0.3 is 10.2 Å². The normalized spacial score (nSPS) is 12.5. The molecule has 0 saturated heterocycles. The van der Waals surface area contributed by atoms with Gasteiger partial charge in [-0.25, -0.2) is 4.79 Å². The van der Waals surface area contributed by atoms with Gasteiger partial charge in [-0.15, -0.1) is 11.3 Å². The Morgan fingerprint density at radius 1 is 1.56 bits per heavy atom. The van der Waals surface area contributed by atoms with Gasteiger partial charge in [0.25, 0.3) is 0 Å². The van der Waals surface area contributed by atoms with Gasteiger partial charge >= 0.3 is 5.97 Å². The van der Waals surface area contributed by atoms with E-state index in [2.05, 4.69) is 4.90 Å². The Hall–Kier alpha value is -1.17. The monoisotopic (exact) mass is 269 g/mol. The molecule has 1 aromatic heterocycles. The van der Waals surface area contributed by atoms with Crippen LogP contribution in [0.4, 0.5) is 0 Å². The third-order valence-electron chi connectivity index (χ3n) is 2.91. The second kappa shape index (κ2) is 6.13. The molecule has 1 rings (SSSR count). The number of aliphatic hydroxyl groups is 1. The molecule has 4 nitrogen and oxygen atoms in total. The number of thiophene rings is 1. The largest absolute Gasteiger partial charge is 0.478 e. The van der Waals surface area contributed by atoms with Crippen LogP contribution in [-0.2, 0) is 11.3 Å². The first kappa shape index (κ1) is 14.9. The first-order valence-electron chi connectivity index (χ1n) is 5.65. The third kappa shape index (κ3) is 4.25. The molecule has 0 atom stereocenters. The number of carbonyl (C=O) groups is 1. The molecule has 18 heavy (non-hydrogen) atoms. The fraction of sp³-hybridized carbons (Fsp3) is 0.462. The fourth-order valence-electron chi connectivity index (χ4n) is 1.30. The van der Waals surface area contributed by atoms with E-state index in [1.807, 2.05) is 32.3 Å². The zero-order valence-corrected chi connectivity index (χ0v) is 11.7. The second-order valence-corrected chi connectivity index (χ2v) is 5.84. The van der Waals surface area contributed by atoms with Crippen LogP contribution in [0.1, 0.15) is 24.3 Å². The second-order valence-electron chi connectivity index (χ2n) is 4.84. The van der Waals surface area contributed by atoms with Crippen LogP contribution in [-0.4, -0.2) is 40.3 Å². The molecule has 0 aliphatic heterocycles. The molecular formula is C13H19NO3S. The number of hydrogen-bond acceptors (Lipinski definition) is 4. The van der Waals surface area contributed by atoms with Crippen molar-refractivity contribution in [2.75, 3.05) is 13.7 Å². The molecule has 0 radical (unpaired) electrons. The van der Waals surface area contributed by atoms with E-state index in [4.69, 9.17) is 5.11 Å². The lowest BCUT2D eigenvalue weighted by atomic mass is 10.1. The molecule has 2 N–H and O–H groups in total. The summed E-state index contributed by atoms with van der Waals surface area (Å²) in [4.78, 5) is 13.6. The number of aliphatic carboxylic acids is 1. The highest BCUT2D eigenvalue weighted by molar-refractivity contribution is 7.10. The molecule has 1 heterocycles. The van der Waals surface area contributed by atoms with Gasteiger partial charge in [0.05, 0.1) is 6.61 Å². The molecule has 1 aromatic rings. The van der Waals surface area contributed by atoms with Crippen molar-refractivity contribution in [3.63, 3.8) is 0 Å². The van der Waals surface area contributed by atoms with Gasteiger partial charge in [0.2, 0.25) is 0 Å². The number of carboxylic acid groups (broad SMARTS) is 1. The van der Waals surface area contributed by atoms with Crippen LogP contribution >= 0.6 is 11.3 Å². The smallest absolute Gasteiger partial charge is 0.328 e. The highest BCUT2D eigenvalue weighted by atomic mass is 32.1. The van der Waals surface area contributed by atoms with E-state index in [1.165, 1.54) is 0 Å². The number of hydrogen-bond donors (Lipinski definition) is 2. The summed E-state index contributed by atoms with van der Waals surface area (Å²) in [5.41, 5.74) is 0.633. The van der Waals surface area contributed by atoms with Crippen molar-refractivity contribution >= 4 is 23.4 Å². The molecule has 0 aromatic carbocycles. The average Bonchev–Trinajstić information content (AvgIpc) is 2.74. The molecule has 0 aliphatic carbocycles. The van der Waals surface area contributed by atoms with Crippen molar-refractivity contribution in [1.29, 1.82) is 0 Å². The topological polar surface area (TPSA) is 60.8 Å². The van der Waals surface area contributed by atoms with Gasteiger partial charge in [0.1, 0.15) is 0 Å². The summed E-state index contributed by atoms with van der Waals surface area (Å²) in [7, 11) is 1.96. The van der Waals surface area contributed by atoms with Gasteiger partial charge in [0, 0.05) is 23.0 Å². The van der Waals surface area contributed by atoms with Crippen LogP contribution in [0.3, 0.4) is 0 Å². The molecule has 0 amide bonds. The van der Waals surface area contributed by atoms with Gasteiger partial charge in [-0.1, -0.05) is 0 Å². The van der Waals surface area contributed by atoms with Crippen molar-refractivity contribution in [3.05, 3.63) is 28.0 Å². The van der Waals surface area contributed by atoms with E-state index in [0.29, 0.717) is 0 Å². The Kier molecular flexibility index (Phi) is 5.07. The van der Waals surface area contributed by atoms with Crippen molar-refractivity contribution in [2.45, 2.75) is 25.9 Å². The third-order valence-corrected chi connectivity index (χ3v) is 3.85. The minimum atomic E-state index is -0.943. The van der Waals surface area contributed by atoms with Gasteiger partial charge in [0.15, 0.2) is 0 Å². The van der Waals surface area contributed by atoms with E-state index < -0.39 is 5.97 Å². The lowest BCUT2D eigenvalue weighted by Gasteiger charge is -2.33. The maximum Gasteiger partial charge on any atom is 0.328 e. The standard InChI is InChI=1S/C13H19NO3S/c1-13(2,9-15)14(3)7-11-6-10(8-18-11)4-5-12(16)17/h4-6,8,15H,7,9H2,1-3H3,(H,16,17)/b5-4+. The van der Waals surface area contributed by atoms with Gasteiger partial charge in [-0.05, 0) is 44.0 Å². The Labute approximate surface area is 111 Å². The van der Waals surface area contributed by atoms with Crippen LogP contribution in [0.15, 0.2) is 17.5 Å². The SMILES string of the molecule is CN(Cc1cc(/C=C/C(=O)O)cs1)C(C)(C)CO. The Balaban J connectivity index is 2.67. The minimum absolute atomic E-state index is 0.0979. The van der Waals surface area contributed by atoms with Crippen LogP contribution in [0.5, 0.6) is 0 Å². The van der Waals surface area contributed by atoms with Crippen molar-refractivity contribution in [3.8, 4) is 0 Å². The summed E-state index contributed by atoms with van der Waals surface area (Å²) >= 11 is 1.59. The highest BCUT2D eigenvalue weighted by Crippen LogP contribution is 2.21. The van der Waals surface area contributed by atoms with Gasteiger partial charge in [-0.3, -0.25) is 4.90 Å². The molecule has 0 unspecified atom stereocenters. The van der Waals surface area contributed by atoms with Crippen LogP contribution in [0, 0.1) is 0 Å². The summed E-state index contributed by atoms with van der Waals surface area (Å²) in [6.07, 6.45) is 2.72. The van der Waals surface area contributed by atoms with E-state index in [-0.39, 0.29) is 12.1 Å². The fourth-order valence-corrected chi connectivity index (χ4v) is 2.21. The van der Waals surface area contributed by atoms with Crippen molar-refractivity contribution in [1.82, 2.24) is 4.90 Å². The van der Waals surface area contributed by atoms with Crippen LogP contribution < -0.4 is 0 Å². The minimum Gasteiger partial charge on any atom is -0.478 e. The quantitative estimate of drug-likeness (QED) is 0.776. The summed E-state index contributed by atoms with van der Waals surface area (Å²) < 4.78 is 0. The highest BCUT2D eigenvalue weighted by Gasteiger charge is 2.22. The average molecular weight is 269 g/mol. The van der Waals surface area contributed by atoms with Crippen LogP contribution in [0.2, 0.25) is 0 Å². The number of rotatable bonds is 6. The predicted molar refractivity (Wildman–Crippen MR) is 73.6 cm³/mol. The van der Waals surface area contributed by atoms with E-state index >= 15 is 0 Å². The zero-order chi connectivity index (χ0) is 13.8. The lowest BCUT2D eigenvalue weighted by molar-refractivity contribution is -0.131. The number of aliphatic hydroxyl groups excluding tert-OH is 1. The lowest BCUT2D eigenvalue weighted by Crippen LogP contribution is -2.43. The molecule has 0 fully saturated rings. The molecule has 0 saturated carbocycles. The van der Waals surface area contributed by atoms with Crippen molar-refractivity contribution < 1.29 is 15.0 Å². The summed E-state index contributed by atoms with van der Waals surface area (Å²) in [6.45, 7) is 4.79. The van der Waals surface area contributed by atoms with E-state index in [0.717, 1.165) is 23.1 Å². The summed E-state index contributed by atoms with van der Waals surface area (Å²) in [6, 6.07) is 1.97. The molecular weight excluding hydrogens is 250 g/mol. The first-order chi connectivity index (χ1) is 8.35. The van der Waals surface area contributed by atoms with Crippen LogP contribution in [0.25, 0.3) is 6.08 Å². The number of nitrogens with zero attached hydrogens (tertiary/aromatic N) is 1. The van der Waals surface area contributed by atoms with Gasteiger partial charge in [-0.2, -0.15) is 0 Å². The molecule has 5 heteroatoms. The Morgan fingerprint density at radius 3 is 2.78 bits per heavy atom. The molecule has 0 bridgehead atoms. The van der Waals surface area contributed by atoms with Crippen molar-refractivity contribution in [2.24, 2.45) is 0 Å². The predicted octanol–water partition coefficient (Wildman–Crippen LogP) is 2.05. The maximum absolute atomic E-state index is 10.4. The number of carboxylic acids is 1. The summed E-state index contributed by atoms with van der Waals surface area (Å²) in [5.74, 6) is -0.943.